The number of nitrogens with two attached hydrogens (primary N) is 1. The van der Waals surface area contributed by atoms with Gasteiger partial charge < -0.3 is 30.2 Å². The predicted molar refractivity (Wildman–Crippen MR) is 80.4 cm³/mol. The van der Waals surface area contributed by atoms with Gasteiger partial charge >= 0.3 is 0 Å². The van der Waals surface area contributed by atoms with Crippen molar-refractivity contribution in [2.75, 3.05) is 12.3 Å². The lowest BCUT2D eigenvalue weighted by molar-refractivity contribution is -0.0511. The summed E-state index contributed by atoms with van der Waals surface area (Å²) in [4.78, 5) is 12.6. The number of aromatic nitrogens is 4. The molecule has 0 amide bonds. The standard InChI is InChI=1S/C14H15N5O5/c15-14-17-8(6-2-1-3-23-6)9-12(18-14)19(5-16-9)13-11(22)10(21)7(4-20)24-13/h1-3,5,7,10-11,13,20-22H,4H2,(H2,15,17,18)/t7-,10-,11-,13-/m1/s1. The molecule has 0 radical (unpaired) electrons. The van der Waals surface area contributed by atoms with Gasteiger partial charge in [-0.15, -0.1) is 0 Å². The molecule has 1 aliphatic heterocycles. The second-order valence-electron chi connectivity index (χ2n) is 5.46. The minimum Gasteiger partial charge on any atom is -0.463 e. The predicted octanol–water partition coefficient (Wildman–Crippen LogP) is -0.720. The molecule has 24 heavy (non-hydrogen) atoms. The minimum atomic E-state index is -1.25. The van der Waals surface area contributed by atoms with Crippen molar-refractivity contribution < 1.29 is 24.5 Å². The first-order valence-electron chi connectivity index (χ1n) is 7.26. The van der Waals surface area contributed by atoms with Crippen LogP contribution < -0.4 is 5.73 Å². The molecule has 1 aliphatic rings. The van der Waals surface area contributed by atoms with Crippen molar-refractivity contribution in [2.45, 2.75) is 24.5 Å². The van der Waals surface area contributed by atoms with Crippen LogP contribution in [0.3, 0.4) is 0 Å². The van der Waals surface area contributed by atoms with Gasteiger partial charge in [-0.2, -0.15) is 4.98 Å². The second-order valence-corrected chi connectivity index (χ2v) is 5.46. The second kappa shape index (κ2) is 5.53. The van der Waals surface area contributed by atoms with E-state index in [1.54, 1.807) is 12.1 Å². The number of hydrogen-bond acceptors (Lipinski definition) is 9. The van der Waals surface area contributed by atoms with E-state index in [4.69, 9.17) is 14.9 Å². The van der Waals surface area contributed by atoms with Crippen LogP contribution in [0.5, 0.6) is 0 Å². The molecule has 3 aromatic rings. The quantitative estimate of drug-likeness (QED) is 0.486. The number of aliphatic hydroxyl groups excluding tert-OH is 3. The minimum absolute atomic E-state index is 0.00222. The van der Waals surface area contributed by atoms with Crippen LogP contribution in [-0.2, 0) is 4.74 Å². The van der Waals surface area contributed by atoms with Crippen molar-refractivity contribution in [3.05, 3.63) is 24.7 Å². The molecule has 3 aromatic heterocycles. The number of nitrogen functional groups attached to an aromatic ring is 1. The summed E-state index contributed by atoms with van der Waals surface area (Å²) in [5, 5.41) is 29.3. The van der Waals surface area contributed by atoms with Crippen LogP contribution in [0.4, 0.5) is 5.95 Å². The summed E-state index contributed by atoms with van der Waals surface area (Å²) < 4.78 is 12.3. The summed E-state index contributed by atoms with van der Waals surface area (Å²) in [5.41, 5.74) is 6.92. The lowest BCUT2D eigenvalue weighted by Crippen LogP contribution is -2.33. The van der Waals surface area contributed by atoms with Crippen molar-refractivity contribution in [3.8, 4) is 11.5 Å². The van der Waals surface area contributed by atoms with E-state index in [2.05, 4.69) is 15.0 Å². The van der Waals surface area contributed by atoms with Gasteiger partial charge in [-0.3, -0.25) is 4.57 Å². The van der Waals surface area contributed by atoms with Gasteiger partial charge in [-0.1, -0.05) is 0 Å². The van der Waals surface area contributed by atoms with E-state index in [0.29, 0.717) is 22.6 Å². The van der Waals surface area contributed by atoms with Crippen molar-refractivity contribution >= 4 is 17.1 Å². The van der Waals surface area contributed by atoms with Crippen LogP contribution in [0, 0.1) is 0 Å². The number of imidazole rings is 1. The maximum absolute atomic E-state index is 10.2. The maximum Gasteiger partial charge on any atom is 0.222 e. The molecule has 0 spiro atoms. The van der Waals surface area contributed by atoms with Gasteiger partial charge in [0.25, 0.3) is 0 Å². The van der Waals surface area contributed by atoms with Crippen LogP contribution in [0.25, 0.3) is 22.6 Å². The smallest absolute Gasteiger partial charge is 0.222 e. The average molecular weight is 333 g/mol. The molecule has 126 valence electrons. The number of rotatable bonds is 3. The molecule has 0 bridgehead atoms. The van der Waals surface area contributed by atoms with E-state index in [-0.39, 0.29) is 5.95 Å². The van der Waals surface area contributed by atoms with Crippen molar-refractivity contribution in [1.82, 2.24) is 19.5 Å². The third kappa shape index (κ3) is 2.16. The zero-order valence-electron chi connectivity index (χ0n) is 12.4. The number of hydrogen-bond donors (Lipinski definition) is 4. The Morgan fingerprint density at radius 1 is 1.25 bits per heavy atom. The highest BCUT2D eigenvalue weighted by atomic mass is 16.6. The van der Waals surface area contributed by atoms with Crippen molar-refractivity contribution in [1.29, 1.82) is 0 Å². The Hall–Kier alpha value is -2.53. The summed E-state index contributed by atoms with van der Waals surface area (Å²) in [6.45, 7) is -0.421. The van der Waals surface area contributed by atoms with Gasteiger partial charge in [0, 0.05) is 0 Å². The fourth-order valence-electron chi connectivity index (χ4n) is 2.81. The molecule has 5 N–H and O–H groups in total. The summed E-state index contributed by atoms with van der Waals surface area (Å²) in [5.74, 6) is 0.475. The Bertz CT molecular complexity index is 864. The van der Waals surface area contributed by atoms with E-state index >= 15 is 0 Å². The van der Waals surface area contributed by atoms with Crippen LogP contribution in [0.2, 0.25) is 0 Å². The zero-order chi connectivity index (χ0) is 16.8. The lowest BCUT2D eigenvalue weighted by atomic mass is 10.1. The van der Waals surface area contributed by atoms with Crippen LogP contribution >= 0.6 is 0 Å². The molecule has 10 heteroatoms. The molecule has 4 heterocycles. The fraction of sp³-hybridized carbons (Fsp3) is 0.357. The molecule has 4 rings (SSSR count). The van der Waals surface area contributed by atoms with Crippen LogP contribution in [0.15, 0.2) is 29.1 Å². The highest BCUT2D eigenvalue weighted by Crippen LogP contribution is 2.33. The summed E-state index contributed by atoms with van der Waals surface area (Å²) in [6, 6.07) is 3.43. The van der Waals surface area contributed by atoms with E-state index in [1.165, 1.54) is 17.2 Å². The zero-order valence-corrected chi connectivity index (χ0v) is 12.4. The molecular weight excluding hydrogens is 318 g/mol. The third-order valence-electron chi connectivity index (χ3n) is 3.98. The largest absolute Gasteiger partial charge is 0.463 e. The first-order chi connectivity index (χ1) is 11.6. The molecular formula is C14H15N5O5. The van der Waals surface area contributed by atoms with Gasteiger partial charge in [0.2, 0.25) is 5.95 Å². The van der Waals surface area contributed by atoms with Gasteiger partial charge in [0.15, 0.2) is 17.6 Å². The summed E-state index contributed by atoms with van der Waals surface area (Å²) in [6.07, 6.45) is -1.41. The van der Waals surface area contributed by atoms with Crippen LogP contribution in [-0.4, -0.2) is 59.8 Å². The van der Waals surface area contributed by atoms with E-state index in [0.717, 1.165) is 0 Å². The SMILES string of the molecule is Nc1nc(-c2ccco2)c2ncn([C@@H]3O[C@H](CO)[C@@H](O)[C@H]3O)c2n1. The normalized spacial score (nSPS) is 27.1. The van der Waals surface area contributed by atoms with Crippen molar-refractivity contribution in [3.63, 3.8) is 0 Å². The van der Waals surface area contributed by atoms with E-state index < -0.39 is 31.1 Å². The summed E-state index contributed by atoms with van der Waals surface area (Å²) >= 11 is 0. The Labute approximate surface area is 135 Å². The third-order valence-corrected chi connectivity index (χ3v) is 3.98. The lowest BCUT2D eigenvalue weighted by Gasteiger charge is -2.16. The van der Waals surface area contributed by atoms with E-state index in [1.807, 2.05) is 0 Å². The molecule has 4 atom stereocenters. The monoisotopic (exact) mass is 333 g/mol. The molecule has 0 unspecified atom stereocenters. The van der Waals surface area contributed by atoms with Gasteiger partial charge in [0.1, 0.15) is 29.5 Å². The van der Waals surface area contributed by atoms with Crippen molar-refractivity contribution in [2.24, 2.45) is 0 Å². The number of ether oxygens (including phenoxy) is 1. The van der Waals surface area contributed by atoms with Gasteiger partial charge in [0.05, 0.1) is 19.2 Å². The number of fused-ring (bicyclic) bond motifs is 1. The molecule has 0 aliphatic carbocycles. The van der Waals surface area contributed by atoms with Crippen LogP contribution in [0.1, 0.15) is 6.23 Å². The van der Waals surface area contributed by atoms with E-state index in [9.17, 15) is 15.3 Å². The first kappa shape index (κ1) is 15.0. The Balaban J connectivity index is 1.84. The number of furan rings is 1. The molecule has 0 saturated carbocycles. The first-order valence-corrected chi connectivity index (χ1v) is 7.26. The Morgan fingerprint density at radius 2 is 2.08 bits per heavy atom. The number of anilines is 1. The highest BCUT2D eigenvalue weighted by molar-refractivity contribution is 5.86. The topological polar surface area (TPSA) is 153 Å². The maximum atomic E-state index is 10.2. The molecule has 1 saturated heterocycles. The molecule has 1 fully saturated rings. The summed E-state index contributed by atoms with van der Waals surface area (Å²) in [7, 11) is 0. The van der Waals surface area contributed by atoms with Gasteiger partial charge in [-0.05, 0) is 12.1 Å². The average Bonchev–Trinajstić information content (AvgIpc) is 3.28. The number of nitrogens with zero attached hydrogens (tertiary/aromatic N) is 4. The Kier molecular flexibility index (Phi) is 3.46. The highest BCUT2D eigenvalue weighted by Gasteiger charge is 2.44. The molecule has 10 nitrogen and oxygen atoms in total. The Morgan fingerprint density at radius 3 is 2.75 bits per heavy atom. The fourth-order valence-corrected chi connectivity index (χ4v) is 2.81. The number of aliphatic hydroxyl groups is 3. The van der Waals surface area contributed by atoms with Gasteiger partial charge in [-0.25, -0.2) is 9.97 Å². The molecule has 0 aromatic carbocycles.